The van der Waals surface area contributed by atoms with Gasteiger partial charge in [0, 0.05) is 39.7 Å². The molecule has 4 aromatic carbocycles. The van der Waals surface area contributed by atoms with E-state index in [1.54, 1.807) is 68.0 Å². The highest BCUT2D eigenvalue weighted by Crippen LogP contribution is 2.60. The Morgan fingerprint density at radius 2 is 0.633 bits per heavy atom. The highest BCUT2D eigenvalue weighted by Gasteiger charge is 2.46. The summed E-state index contributed by atoms with van der Waals surface area (Å²) in [5.74, 6) is 0. The minimum Gasteiger partial charge on any atom is -0.376 e. The normalized spacial score (nSPS) is 12.5. The van der Waals surface area contributed by atoms with Crippen molar-refractivity contribution in [1.82, 2.24) is 0 Å². The van der Waals surface area contributed by atoms with Gasteiger partial charge in [0.05, 0.1) is 19.2 Å². The lowest BCUT2D eigenvalue weighted by molar-refractivity contribution is 0.127. The molecule has 0 unspecified atom stereocenters. The van der Waals surface area contributed by atoms with Crippen molar-refractivity contribution in [2.24, 2.45) is 0 Å². The smallest absolute Gasteiger partial charge is 0.143 e. The van der Waals surface area contributed by atoms with Gasteiger partial charge in [0.1, 0.15) is 11.2 Å². The molecule has 0 atom stereocenters. The molecule has 0 aliphatic rings. The quantitative estimate of drug-likeness (QED) is 0.160. The van der Waals surface area contributed by atoms with E-state index >= 15 is 0 Å². The van der Waals surface area contributed by atoms with Crippen LogP contribution in [0.15, 0.2) is 108 Å². The summed E-state index contributed by atoms with van der Waals surface area (Å²) in [5.41, 5.74) is 10.9. The molecule has 0 spiro atoms. The molecule has 2 N–H and O–H groups in total. The van der Waals surface area contributed by atoms with Crippen molar-refractivity contribution in [3.63, 3.8) is 0 Å². The number of hydrogen-bond acceptors (Lipinski definition) is 8. The summed E-state index contributed by atoms with van der Waals surface area (Å²) in [6.45, 7) is 16.9. The van der Waals surface area contributed by atoms with E-state index in [0.717, 1.165) is 107 Å². The number of rotatable bonds is 8. The molecule has 300 valence electrons. The molecule has 2 nitrogen and oxygen atoms in total. The van der Waals surface area contributed by atoms with Crippen molar-refractivity contribution < 1.29 is 10.2 Å². The summed E-state index contributed by atoms with van der Waals surface area (Å²) in [6.07, 6.45) is 0. The molecule has 8 heteroatoms. The fraction of sp³-hybridized carbons (Fsp3) is 0.192. The van der Waals surface area contributed by atoms with Crippen LogP contribution in [-0.2, 0) is 11.2 Å². The standard InChI is InChI=1S/C52H44O2S6/c1-27-13-28(2)18-35(17-27)51(53,36-19-29(3)14-30(4)20-36)45-47(43-25-41-39(57-43)9-11-55-41)59-50-46(48(60-49(45)50)44-26-42-40(58-44)10-12-56-42)52(54,37-21-31(5)15-32(6)22-37)38-23-33(7)16-34(8)24-38/h9-26,53-54H,1-8H3. The molecule has 0 bridgehead atoms. The highest BCUT2D eigenvalue weighted by molar-refractivity contribution is 7.36. The van der Waals surface area contributed by atoms with Gasteiger partial charge in [0.15, 0.2) is 0 Å². The Balaban J connectivity index is 1.42. The lowest BCUT2D eigenvalue weighted by atomic mass is 9.77. The van der Waals surface area contributed by atoms with Crippen LogP contribution >= 0.6 is 68.0 Å². The van der Waals surface area contributed by atoms with E-state index in [4.69, 9.17) is 0 Å². The van der Waals surface area contributed by atoms with Gasteiger partial charge in [-0.15, -0.1) is 68.0 Å². The van der Waals surface area contributed by atoms with E-state index in [9.17, 15) is 10.2 Å². The average molecular weight is 893 g/mol. The van der Waals surface area contributed by atoms with Gasteiger partial charge in [-0.2, -0.15) is 0 Å². The van der Waals surface area contributed by atoms with Crippen molar-refractivity contribution in [3.05, 3.63) is 186 Å². The number of hydrogen-bond donors (Lipinski definition) is 2. The second-order valence-electron chi connectivity index (χ2n) is 16.7. The first-order valence-electron chi connectivity index (χ1n) is 20.0. The van der Waals surface area contributed by atoms with Crippen LogP contribution in [0, 0.1) is 55.4 Å². The van der Waals surface area contributed by atoms with E-state index in [2.05, 4.69) is 163 Å². The molecule has 0 amide bonds. The third kappa shape index (κ3) is 6.50. The van der Waals surface area contributed by atoms with Crippen LogP contribution in [0.4, 0.5) is 0 Å². The zero-order chi connectivity index (χ0) is 41.8. The molecule has 0 fully saturated rings. The minimum absolute atomic E-state index is 0.844. The van der Waals surface area contributed by atoms with Gasteiger partial charge in [0.2, 0.25) is 0 Å². The molecular weight excluding hydrogens is 849 g/mol. The molecule has 6 aromatic heterocycles. The fourth-order valence-electron chi connectivity index (χ4n) is 9.34. The van der Waals surface area contributed by atoms with Crippen molar-refractivity contribution >= 4 is 96.2 Å². The van der Waals surface area contributed by atoms with E-state index in [0.29, 0.717) is 0 Å². The largest absolute Gasteiger partial charge is 0.376 e. The molecular formula is C52H44O2S6. The SMILES string of the molecule is Cc1cc(C)cc(C(O)(c2cc(C)cc(C)c2)c2c(-c3cc4sccc4s3)sc3c(C(O)(c4cc(C)cc(C)c4)c4cc(C)cc(C)c4)c(-c4cc5sccc5s4)sc23)c1. The number of aliphatic hydroxyl groups is 2. The Labute approximate surface area is 375 Å². The van der Waals surface area contributed by atoms with Crippen molar-refractivity contribution in [2.75, 3.05) is 0 Å². The van der Waals surface area contributed by atoms with Gasteiger partial charge in [-0.1, -0.05) is 117 Å². The average Bonchev–Trinajstić information content (AvgIpc) is 4.01. The van der Waals surface area contributed by atoms with E-state index in [-0.39, 0.29) is 0 Å². The Morgan fingerprint density at radius 3 is 0.900 bits per heavy atom. The fourth-order valence-corrected chi connectivity index (χ4v) is 16.9. The number of aryl methyl sites for hydroxylation is 8. The maximum atomic E-state index is 14.3. The number of benzene rings is 4. The van der Waals surface area contributed by atoms with Crippen molar-refractivity contribution in [2.45, 2.75) is 66.6 Å². The molecule has 6 heterocycles. The predicted molar refractivity (Wildman–Crippen MR) is 265 cm³/mol. The molecule has 0 saturated carbocycles. The van der Waals surface area contributed by atoms with Gasteiger partial charge >= 0.3 is 0 Å². The molecule has 10 rings (SSSR count). The second-order valence-corrected chi connectivity index (χ2v) is 22.8. The summed E-state index contributed by atoms with van der Waals surface area (Å²) in [7, 11) is 0. The summed E-state index contributed by atoms with van der Waals surface area (Å²) in [6, 6.07) is 35.0. The van der Waals surface area contributed by atoms with Crippen molar-refractivity contribution in [3.8, 4) is 19.5 Å². The summed E-state index contributed by atoms with van der Waals surface area (Å²) >= 11 is 10.5. The van der Waals surface area contributed by atoms with Crippen LogP contribution in [0.1, 0.15) is 77.9 Å². The first-order valence-corrected chi connectivity index (χ1v) is 25.1. The van der Waals surface area contributed by atoms with Gasteiger partial charge in [-0.25, -0.2) is 0 Å². The summed E-state index contributed by atoms with van der Waals surface area (Å²) in [4.78, 5) is 4.32. The molecule has 0 radical (unpaired) electrons. The Bertz CT molecular complexity index is 2840. The lowest BCUT2D eigenvalue weighted by Crippen LogP contribution is -2.30. The maximum absolute atomic E-state index is 14.3. The topological polar surface area (TPSA) is 40.5 Å². The van der Waals surface area contributed by atoms with E-state index < -0.39 is 11.2 Å². The second kappa shape index (κ2) is 14.7. The zero-order valence-electron chi connectivity index (χ0n) is 34.7. The summed E-state index contributed by atoms with van der Waals surface area (Å²) < 4.78 is 6.95. The van der Waals surface area contributed by atoms with Crippen LogP contribution in [0.25, 0.3) is 47.7 Å². The lowest BCUT2D eigenvalue weighted by Gasteiger charge is -2.32. The van der Waals surface area contributed by atoms with E-state index in [1.807, 2.05) is 0 Å². The minimum atomic E-state index is -1.54. The van der Waals surface area contributed by atoms with Crippen LogP contribution < -0.4 is 0 Å². The zero-order valence-corrected chi connectivity index (χ0v) is 39.6. The first-order chi connectivity index (χ1) is 28.7. The summed E-state index contributed by atoms with van der Waals surface area (Å²) in [5, 5.41) is 32.9. The maximum Gasteiger partial charge on any atom is 0.143 e. The first kappa shape index (κ1) is 39.9. The van der Waals surface area contributed by atoms with Crippen LogP contribution in [0.3, 0.4) is 0 Å². The Hall–Kier alpha value is -4.22. The monoisotopic (exact) mass is 892 g/mol. The van der Waals surface area contributed by atoms with Gasteiger partial charge in [0.25, 0.3) is 0 Å². The third-order valence-corrected chi connectivity index (χ3v) is 18.6. The molecule has 60 heavy (non-hydrogen) atoms. The molecule has 0 aliphatic heterocycles. The van der Waals surface area contributed by atoms with Crippen molar-refractivity contribution in [1.29, 1.82) is 0 Å². The Kier molecular flexibility index (Phi) is 9.78. The van der Waals surface area contributed by atoms with Gasteiger partial charge < -0.3 is 10.2 Å². The van der Waals surface area contributed by atoms with Crippen LogP contribution in [-0.4, -0.2) is 10.2 Å². The number of thiophene rings is 6. The van der Waals surface area contributed by atoms with Gasteiger partial charge in [-0.05, 0) is 113 Å². The third-order valence-electron chi connectivity index (χ3n) is 11.5. The highest BCUT2D eigenvalue weighted by atomic mass is 32.1. The van der Waals surface area contributed by atoms with Crippen LogP contribution in [0.2, 0.25) is 0 Å². The molecule has 0 saturated heterocycles. The molecule has 0 aliphatic carbocycles. The van der Waals surface area contributed by atoms with E-state index in [1.165, 1.54) is 18.8 Å². The molecule has 10 aromatic rings. The van der Waals surface area contributed by atoms with Gasteiger partial charge in [-0.3, -0.25) is 0 Å². The predicted octanol–water partition coefficient (Wildman–Crippen LogP) is 15.9. The van der Waals surface area contributed by atoms with Crippen LogP contribution in [0.5, 0.6) is 0 Å². The Morgan fingerprint density at radius 1 is 0.350 bits per heavy atom. The number of fused-ring (bicyclic) bond motifs is 3.